The fourth-order valence-electron chi connectivity index (χ4n) is 11.0. The van der Waals surface area contributed by atoms with Gasteiger partial charge in [-0.05, 0) is 101 Å². The van der Waals surface area contributed by atoms with Crippen LogP contribution in [0.3, 0.4) is 0 Å². The van der Waals surface area contributed by atoms with Gasteiger partial charge in [0.1, 0.15) is 66.5 Å². The molecule has 23 heteroatoms. The van der Waals surface area contributed by atoms with Gasteiger partial charge in [0.05, 0.1) is 6.61 Å². The molecule has 1 fully saturated rings. The number of hydrogen-bond donors (Lipinski definition) is 5. The lowest BCUT2D eigenvalue weighted by atomic mass is 9.93. The highest BCUT2D eigenvalue weighted by Gasteiger charge is 2.44. The van der Waals surface area contributed by atoms with Gasteiger partial charge in [0, 0.05) is 55.3 Å². The molecule has 13 atom stereocenters. The lowest BCUT2D eigenvalue weighted by molar-refractivity contribution is -0.156. The Bertz CT molecular complexity index is 2330. The first kappa shape index (κ1) is 77.9. The van der Waals surface area contributed by atoms with Crippen LogP contribution in [-0.2, 0) is 57.5 Å². The summed E-state index contributed by atoms with van der Waals surface area (Å²) in [7, 11) is 10.2. The topological polar surface area (TPSA) is 277 Å². The number of carbonyl (C=O) groups is 11. The molecular weight excluding hydrogens is 1100 g/mol. The number of ether oxygens (including phenoxy) is 1. The molecule has 0 unspecified atom stereocenters. The zero-order valence-corrected chi connectivity index (χ0v) is 56.8. The lowest BCUT2D eigenvalue weighted by Gasteiger charge is -2.41. The second-order valence-electron chi connectivity index (χ2n) is 26.0. The molecule has 0 aromatic carbocycles. The zero-order chi connectivity index (χ0) is 66.5. The van der Waals surface area contributed by atoms with Crippen molar-refractivity contribution in [3.05, 3.63) is 12.2 Å². The van der Waals surface area contributed by atoms with Crippen LogP contribution in [0, 0.1) is 41.4 Å². The van der Waals surface area contributed by atoms with E-state index in [0.29, 0.717) is 6.42 Å². The number of amides is 11. The van der Waals surface area contributed by atoms with E-state index in [4.69, 9.17) is 4.74 Å². The van der Waals surface area contributed by atoms with Gasteiger partial charge in [-0.1, -0.05) is 109 Å². The van der Waals surface area contributed by atoms with E-state index in [0.717, 1.165) is 0 Å². The van der Waals surface area contributed by atoms with Gasteiger partial charge >= 0.3 is 0 Å². The van der Waals surface area contributed by atoms with Gasteiger partial charge in [-0.25, -0.2) is 0 Å². The van der Waals surface area contributed by atoms with E-state index in [-0.39, 0.29) is 68.8 Å². The smallest absolute Gasteiger partial charge is 0.246 e. The molecule has 1 rings (SSSR count). The molecule has 492 valence electrons. The summed E-state index contributed by atoms with van der Waals surface area (Å²) < 4.78 is 5.43. The highest BCUT2D eigenvalue weighted by molar-refractivity contribution is 6.00. The van der Waals surface area contributed by atoms with Gasteiger partial charge in [0.2, 0.25) is 65.0 Å². The predicted octanol–water partition coefficient (Wildman–Crippen LogP) is 3.97. The molecule has 0 saturated carbocycles. The predicted molar refractivity (Wildman–Crippen MR) is 333 cm³/mol. The molecule has 86 heavy (non-hydrogen) atoms. The van der Waals surface area contributed by atoms with Crippen LogP contribution in [0.25, 0.3) is 0 Å². The monoisotopic (exact) mass is 1220 g/mol. The minimum absolute atomic E-state index is 0.00436. The average molecular weight is 1220 g/mol. The molecule has 23 nitrogen and oxygen atoms in total. The van der Waals surface area contributed by atoms with E-state index >= 15 is 9.59 Å². The van der Waals surface area contributed by atoms with Gasteiger partial charge in [0.25, 0.3) is 0 Å². The van der Waals surface area contributed by atoms with Crippen molar-refractivity contribution < 1.29 is 57.5 Å². The third kappa shape index (κ3) is 21.9. The summed E-state index contributed by atoms with van der Waals surface area (Å²) in [5, 5.41) is 13.9. The van der Waals surface area contributed by atoms with E-state index in [1.54, 1.807) is 48.5 Å². The number of allylic oxidation sites excluding steroid dienone is 2. The van der Waals surface area contributed by atoms with Crippen LogP contribution in [0.2, 0.25) is 0 Å². The van der Waals surface area contributed by atoms with Crippen LogP contribution in [0.4, 0.5) is 0 Å². The van der Waals surface area contributed by atoms with Crippen molar-refractivity contribution in [3.63, 3.8) is 0 Å². The van der Waals surface area contributed by atoms with Gasteiger partial charge in [-0.15, -0.1) is 0 Å². The molecule has 0 aliphatic carbocycles. The van der Waals surface area contributed by atoms with Crippen molar-refractivity contribution in [2.24, 2.45) is 41.4 Å². The molecule has 1 aliphatic heterocycles. The summed E-state index contributed by atoms with van der Waals surface area (Å²) in [6, 6.07) is -13.0. The highest BCUT2D eigenvalue weighted by atomic mass is 16.5. The van der Waals surface area contributed by atoms with E-state index in [1.807, 2.05) is 67.5 Å². The number of hydrogen-bond acceptors (Lipinski definition) is 12. The van der Waals surface area contributed by atoms with Crippen LogP contribution < -0.4 is 26.6 Å². The van der Waals surface area contributed by atoms with E-state index in [1.165, 1.54) is 92.6 Å². The molecule has 0 aromatic heterocycles. The van der Waals surface area contributed by atoms with Crippen LogP contribution in [0.1, 0.15) is 163 Å². The lowest BCUT2D eigenvalue weighted by Crippen LogP contribution is -2.62. The number of nitrogens with one attached hydrogen (secondary N) is 5. The molecule has 0 aromatic rings. The Hall–Kier alpha value is -6.13. The number of carbonyl (C=O) groups excluding carboxylic acids is 11. The number of methoxy groups -OCH3 is 1. The first-order valence-corrected chi connectivity index (χ1v) is 31.1. The van der Waals surface area contributed by atoms with Crippen molar-refractivity contribution in [2.45, 2.75) is 229 Å². The largest absolute Gasteiger partial charge is 0.384 e. The quantitative estimate of drug-likeness (QED) is 0.130. The maximum atomic E-state index is 15.2. The first-order chi connectivity index (χ1) is 39.9. The minimum Gasteiger partial charge on any atom is -0.384 e. The van der Waals surface area contributed by atoms with Crippen LogP contribution in [-0.4, -0.2) is 217 Å². The fraction of sp³-hybridized carbons (Fsp3) is 0.794. The Morgan fingerprint density at radius 1 is 0.430 bits per heavy atom. The Balaban J connectivity index is 4.35. The average Bonchev–Trinajstić information content (AvgIpc) is 1.88. The summed E-state index contributed by atoms with van der Waals surface area (Å²) >= 11 is 0. The van der Waals surface area contributed by atoms with Gasteiger partial charge in [0.15, 0.2) is 0 Å². The third-order valence-corrected chi connectivity index (χ3v) is 16.4. The normalized spacial score (nSPS) is 27.4. The molecule has 0 radical (unpaired) electrons. The Kier molecular flexibility index (Phi) is 32.8. The van der Waals surface area contributed by atoms with Crippen molar-refractivity contribution >= 4 is 65.0 Å². The summed E-state index contributed by atoms with van der Waals surface area (Å²) in [5.74, 6) is -9.27. The Labute approximate surface area is 515 Å². The molecule has 1 aliphatic rings. The second-order valence-corrected chi connectivity index (χ2v) is 26.0. The Morgan fingerprint density at radius 2 is 0.849 bits per heavy atom. The Morgan fingerprint density at radius 3 is 1.31 bits per heavy atom. The standard InChI is InChI=1S/C63H113N11O12/c1-25-28-29-40(14)33-47-56(78)66-44(26-2)59(81)69(18)45(27-3)54(76)68-51(41(15)34-86-24)57(79)67-50(38(10)11)62(84)70(19)46(30-35(4)5)55(77)64-42(16)53(75)65-43(17)58(80)72(21)48(31-36(6)7)60(82)73(22)49(32-37(8)9)61(83)74(23)52(39(12)13)63(85)71(47)20/h25,28,35-52H,26-27,29-34H2,1-24H3,(H,64,77)(H,65,75)(H,66,78)(H,67,79)(H,68,76)/b28-25+/t40-,41-,42+,43-,44+,45-,46+,47+,48+,49+,50+,51+,52+/m1/s1. The van der Waals surface area contributed by atoms with Gasteiger partial charge < -0.3 is 60.7 Å². The maximum absolute atomic E-state index is 15.2. The molecular formula is C63H113N11O12. The van der Waals surface area contributed by atoms with Gasteiger partial charge in [-0.3, -0.25) is 52.7 Å². The van der Waals surface area contributed by atoms with E-state index in [9.17, 15) is 43.2 Å². The second kappa shape index (κ2) is 36.2. The zero-order valence-electron chi connectivity index (χ0n) is 56.8. The molecule has 5 N–H and O–H groups in total. The molecule has 1 saturated heterocycles. The maximum Gasteiger partial charge on any atom is 0.246 e. The number of likely N-dealkylation sites (N-methyl/N-ethyl adjacent to an activating group) is 6. The van der Waals surface area contributed by atoms with Gasteiger partial charge in [-0.2, -0.15) is 0 Å². The summed E-state index contributed by atoms with van der Waals surface area (Å²) in [6.07, 6.45) is 5.25. The molecule has 0 bridgehead atoms. The number of nitrogens with zero attached hydrogens (tertiary/aromatic N) is 6. The van der Waals surface area contributed by atoms with Crippen molar-refractivity contribution in [1.82, 2.24) is 56.0 Å². The van der Waals surface area contributed by atoms with Crippen molar-refractivity contribution in [2.75, 3.05) is 56.0 Å². The SMILES string of the molecule is C/C=C/C[C@@H](C)C[C@H]1C(=O)N[C@@H](CC)C(=O)N(C)[C@H](CC)C(=O)N[C@@H]([C@H](C)COC)C(=O)N[C@@H](C(C)C)C(=O)N(C)[C@@H](CC(C)C)C(=O)N[C@@H](C)C(=O)N[C@H](C)C(=O)N(C)[C@@H](CC(C)C)C(=O)N(C)[C@@H](CC(C)C)C(=O)N(C)[C@@H](C(C)C)C(=O)N1C. The highest BCUT2D eigenvalue weighted by Crippen LogP contribution is 2.25. The minimum atomic E-state index is -1.30. The van der Waals surface area contributed by atoms with Crippen LogP contribution in [0.5, 0.6) is 0 Å². The van der Waals surface area contributed by atoms with Crippen molar-refractivity contribution in [1.29, 1.82) is 0 Å². The summed E-state index contributed by atoms with van der Waals surface area (Å²) in [5.41, 5.74) is 0. The molecule has 1 heterocycles. The van der Waals surface area contributed by atoms with E-state index < -0.39 is 149 Å². The molecule has 11 amide bonds. The summed E-state index contributed by atoms with van der Waals surface area (Å²) in [4.78, 5) is 169. The molecule has 0 spiro atoms. The van der Waals surface area contributed by atoms with Crippen molar-refractivity contribution in [3.8, 4) is 0 Å². The summed E-state index contributed by atoms with van der Waals surface area (Å²) in [6.45, 7) is 30.1. The third-order valence-electron chi connectivity index (χ3n) is 16.4. The fourth-order valence-corrected chi connectivity index (χ4v) is 11.0. The van der Waals surface area contributed by atoms with Crippen LogP contribution >= 0.6 is 0 Å². The van der Waals surface area contributed by atoms with Crippen LogP contribution in [0.15, 0.2) is 12.2 Å². The number of rotatable bonds is 17. The van der Waals surface area contributed by atoms with E-state index in [2.05, 4.69) is 26.6 Å². The first-order valence-electron chi connectivity index (χ1n) is 31.1.